The molecule has 2 aliphatic rings. The number of nitrogens with zero attached hydrogens (tertiary/aromatic N) is 4. The molecular formula is C24H36N4OS. The van der Waals surface area contributed by atoms with Crippen molar-refractivity contribution in [2.75, 3.05) is 38.8 Å². The van der Waals surface area contributed by atoms with E-state index in [1.54, 1.807) is 7.11 Å². The fourth-order valence-electron chi connectivity index (χ4n) is 5.15. The molecule has 2 saturated heterocycles. The summed E-state index contributed by atoms with van der Waals surface area (Å²) in [7, 11) is 1.76. The van der Waals surface area contributed by atoms with E-state index in [0.717, 1.165) is 30.6 Å². The number of fused-ring (bicyclic) bond motifs is 1. The van der Waals surface area contributed by atoms with Gasteiger partial charge < -0.3 is 4.74 Å². The van der Waals surface area contributed by atoms with Crippen molar-refractivity contribution in [3.8, 4) is 5.75 Å². The van der Waals surface area contributed by atoms with Crippen LogP contribution in [0.3, 0.4) is 0 Å². The predicted octanol–water partition coefficient (Wildman–Crippen LogP) is 3.96. The zero-order chi connectivity index (χ0) is 21.1. The topological polar surface area (TPSA) is 33.5 Å². The van der Waals surface area contributed by atoms with Crippen LogP contribution in [0.2, 0.25) is 0 Å². The number of benzene rings is 1. The van der Waals surface area contributed by atoms with Gasteiger partial charge in [0.05, 0.1) is 19.3 Å². The van der Waals surface area contributed by atoms with E-state index in [1.807, 2.05) is 11.8 Å². The van der Waals surface area contributed by atoms with Gasteiger partial charge in [-0.1, -0.05) is 6.07 Å². The van der Waals surface area contributed by atoms with Gasteiger partial charge in [-0.2, -0.15) is 16.9 Å². The Morgan fingerprint density at radius 2 is 2.03 bits per heavy atom. The molecule has 2 atom stereocenters. The normalized spacial score (nSPS) is 22.4. The van der Waals surface area contributed by atoms with Gasteiger partial charge in [-0.3, -0.25) is 14.5 Å². The minimum Gasteiger partial charge on any atom is -0.496 e. The molecule has 0 unspecified atom stereocenters. The zero-order valence-corrected chi connectivity index (χ0v) is 19.7. The lowest BCUT2D eigenvalue weighted by Gasteiger charge is -2.44. The highest BCUT2D eigenvalue weighted by atomic mass is 32.2. The van der Waals surface area contributed by atoms with Crippen LogP contribution in [0.1, 0.15) is 41.8 Å². The van der Waals surface area contributed by atoms with E-state index in [4.69, 9.17) is 4.74 Å². The number of piperazine rings is 1. The lowest BCUT2D eigenvalue weighted by molar-refractivity contribution is 0.0442. The van der Waals surface area contributed by atoms with Crippen LogP contribution in [0.15, 0.2) is 24.3 Å². The number of hydrogen-bond acceptors (Lipinski definition) is 5. The SMILES string of the molecule is COc1ccc(CN2C[C@@H]3CCCN3C[C@H]2CCSC)cc1Cn1nc(C)cc1C. The van der Waals surface area contributed by atoms with Gasteiger partial charge in [0.1, 0.15) is 5.75 Å². The van der Waals surface area contributed by atoms with Gasteiger partial charge in [0, 0.05) is 43.0 Å². The molecule has 1 aromatic carbocycles. The summed E-state index contributed by atoms with van der Waals surface area (Å²) in [6, 6.07) is 10.3. The van der Waals surface area contributed by atoms with E-state index in [2.05, 4.69) is 63.9 Å². The second kappa shape index (κ2) is 9.75. The smallest absolute Gasteiger partial charge is 0.123 e. The Balaban J connectivity index is 1.53. The van der Waals surface area contributed by atoms with Crippen molar-refractivity contribution in [1.82, 2.24) is 19.6 Å². The van der Waals surface area contributed by atoms with E-state index in [9.17, 15) is 0 Å². The van der Waals surface area contributed by atoms with Crippen LogP contribution in [0.4, 0.5) is 0 Å². The van der Waals surface area contributed by atoms with Crippen LogP contribution in [0.25, 0.3) is 0 Å². The molecule has 2 aliphatic heterocycles. The molecule has 30 heavy (non-hydrogen) atoms. The first-order valence-corrected chi connectivity index (χ1v) is 12.6. The standard InChI is InChI=1S/C24H36N4OS/c1-18-12-19(2)28(25-18)15-21-13-20(7-8-24(21)29-3)14-27-17-22-6-5-10-26(22)16-23(27)9-11-30-4/h7-8,12-13,22-23H,5-6,9-11,14-17H2,1-4H3/t22-,23+/m0/s1. The van der Waals surface area contributed by atoms with E-state index in [1.165, 1.54) is 61.5 Å². The maximum Gasteiger partial charge on any atom is 0.123 e. The van der Waals surface area contributed by atoms with Gasteiger partial charge in [-0.25, -0.2) is 0 Å². The lowest BCUT2D eigenvalue weighted by atomic mass is 10.0. The van der Waals surface area contributed by atoms with E-state index in [-0.39, 0.29) is 0 Å². The van der Waals surface area contributed by atoms with Gasteiger partial charge in [0.25, 0.3) is 0 Å². The minimum absolute atomic E-state index is 0.661. The fraction of sp³-hybridized carbons (Fsp3) is 0.625. The third-order valence-corrected chi connectivity index (χ3v) is 7.36. The Kier molecular flexibility index (Phi) is 7.06. The average molecular weight is 429 g/mol. The lowest BCUT2D eigenvalue weighted by Crippen LogP contribution is -2.55. The number of rotatable bonds is 8. The van der Waals surface area contributed by atoms with Crippen LogP contribution in [-0.4, -0.2) is 70.4 Å². The number of thioether (sulfide) groups is 1. The van der Waals surface area contributed by atoms with Gasteiger partial charge in [-0.05, 0) is 75.4 Å². The van der Waals surface area contributed by atoms with Crippen LogP contribution in [0, 0.1) is 13.8 Å². The molecule has 6 heteroatoms. The van der Waals surface area contributed by atoms with Crippen LogP contribution < -0.4 is 4.74 Å². The van der Waals surface area contributed by atoms with Crippen molar-refractivity contribution < 1.29 is 4.74 Å². The molecule has 1 aromatic heterocycles. The minimum atomic E-state index is 0.661. The number of aryl methyl sites for hydroxylation is 2. The quantitative estimate of drug-likeness (QED) is 0.636. The van der Waals surface area contributed by atoms with Crippen molar-refractivity contribution in [1.29, 1.82) is 0 Å². The van der Waals surface area contributed by atoms with E-state index in [0.29, 0.717) is 6.04 Å². The van der Waals surface area contributed by atoms with Crippen LogP contribution >= 0.6 is 11.8 Å². The van der Waals surface area contributed by atoms with E-state index < -0.39 is 0 Å². The molecule has 2 aromatic rings. The van der Waals surface area contributed by atoms with Gasteiger partial charge in [0.15, 0.2) is 0 Å². The van der Waals surface area contributed by atoms with E-state index >= 15 is 0 Å². The molecule has 0 spiro atoms. The van der Waals surface area contributed by atoms with Crippen molar-refractivity contribution in [2.45, 2.75) is 58.3 Å². The molecule has 4 rings (SSSR count). The highest BCUT2D eigenvalue weighted by Gasteiger charge is 2.35. The summed E-state index contributed by atoms with van der Waals surface area (Å²) >= 11 is 1.97. The second-order valence-corrected chi connectivity index (χ2v) is 9.87. The summed E-state index contributed by atoms with van der Waals surface area (Å²) in [4.78, 5) is 5.49. The Morgan fingerprint density at radius 1 is 1.17 bits per heavy atom. The Hall–Kier alpha value is -1.50. The third-order valence-electron chi connectivity index (χ3n) is 6.72. The largest absolute Gasteiger partial charge is 0.496 e. The third kappa shape index (κ3) is 4.87. The molecule has 164 valence electrons. The molecule has 0 N–H and O–H groups in total. The highest BCUT2D eigenvalue weighted by molar-refractivity contribution is 7.98. The summed E-state index contributed by atoms with van der Waals surface area (Å²) in [5.41, 5.74) is 4.84. The maximum absolute atomic E-state index is 5.68. The summed E-state index contributed by atoms with van der Waals surface area (Å²) in [6.45, 7) is 9.68. The zero-order valence-electron chi connectivity index (χ0n) is 18.9. The first-order chi connectivity index (χ1) is 14.6. The summed E-state index contributed by atoms with van der Waals surface area (Å²) < 4.78 is 7.75. The molecule has 0 saturated carbocycles. The van der Waals surface area contributed by atoms with Crippen LogP contribution in [-0.2, 0) is 13.1 Å². The molecule has 0 radical (unpaired) electrons. The monoisotopic (exact) mass is 428 g/mol. The van der Waals surface area contributed by atoms with Gasteiger partial charge in [0.2, 0.25) is 0 Å². The summed E-state index contributed by atoms with van der Waals surface area (Å²) in [5, 5.41) is 4.65. The molecular weight excluding hydrogens is 392 g/mol. The highest BCUT2D eigenvalue weighted by Crippen LogP contribution is 2.29. The molecule has 5 nitrogen and oxygen atoms in total. The number of ether oxygens (including phenoxy) is 1. The molecule has 0 amide bonds. The Labute approximate surface area is 185 Å². The summed E-state index contributed by atoms with van der Waals surface area (Å²) in [5.74, 6) is 2.19. The fourth-order valence-corrected chi connectivity index (χ4v) is 5.66. The van der Waals surface area contributed by atoms with Crippen molar-refractivity contribution in [3.05, 3.63) is 46.8 Å². The second-order valence-electron chi connectivity index (χ2n) is 8.89. The molecule has 3 heterocycles. The average Bonchev–Trinajstić information content (AvgIpc) is 3.31. The Morgan fingerprint density at radius 3 is 2.77 bits per heavy atom. The van der Waals surface area contributed by atoms with Crippen molar-refractivity contribution in [2.24, 2.45) is 0 Å². The maximum atomic E-state index is 5.68. The number of aromatic nitrogens is 2. The first kappa shape index (κ1) is 21.7. The summed E-state index contributed by atoms with van der Waals surface area (Å²) in [6.07, 6.45) is 6.22. The number of hydrogen-bond donors (Lipinski definition) is 0. The van der Waals surface area contributed by atoms with Gasteiger partial charge >= 0.3 is 0 Å². The first-order valence-electron chi connectivity index (χ1n) is 11.2. The Bertz CT molecular complexity index is 852. The molecule has 2 fully saturated rings. The van der Waals surface area contributed by atoms with Crippen molar-refractivity contribution in [3.63, 3.8) is 0 Å². The van der Waals surface area contributed by atoms with Gasteiger partial charge in [-0.15, -0.1) is 0 Å². The number of methoxy groups -OCH3 is 1. The molecule has 0 aliphatic carbocycles. The van der Waals surface area contributed by atoms with Crippen molar-refractivity contribution >= 4 is 11.8 Å². The molecule has 0 bridgehead atoms. The predicted molar refractivity (Wildman–Crippen MR) is 126 cm³/mol. The van der Waals surface area contributed by atoms with Crippen LogP contribution in [0.5, 0.6) is 5.75 Å².